The average molecular weight is 522 g/mol. The Bertz CT molecular complexity index is 1440. The minimum Gasteiger partial charge on any atom is -0.382 e. The van der Waals surface area contributed by atoms with E-state index in [1.54, 1.807) is 24.3 Å². The lowest BCUT2D eigenvalue weighted by Gasteiger charge is -2.33. The Kier molecular flexibility index (Phi) is 6.32. The van der Waals surface area contributed by atoms with Gasteiger partial charge in [-0.3, -0.25) is 9.59 Å². The molecule has 2 unspecified atom stereocenters. The summed E-state index contributed by atoms with van der Waals surface area (Å²) in [5, 5.41) is 33.6. The molecule has 1 heterocycles. The highest BCUT2D eigenvalue weighted by atomic mass is 32.2. The summed E-state index contributed by atoms with van der Waals surface area (Å²) < 4.78 is 62.9. The normalized spacial score (nSPS) is 26.6. The van der Waals surface area contributed by atoms with E-state index in [1.165, 1.54) is 36.4 Å². The number of halogens is 2. The molecule has 36 heavy (non-hydrogen) atoms. The minimum absolute atomic E-state index is 0.193. The van der Waals surface area contributed by atoms with Crippen LogP contribution in [0.3, 0.4) is 0 Å². The molecule has 1 fully saturated rings. The molecule has 190 valence electrons. The number of carbonyl (C=O) groups is 2. The van der Waals surface area contributed by atoms with E-state index >= 15 is 8.78 Å². The number of alkyl halides is 2. The van der Waals surface area contributed by atoms with Crippen LogP contribution in [0.1, 0.15) is 20.7 Å². The zero-order chi connectivity index (χ0) is 26.5. The molecule has 4 rings (SSSR count). The van der Waals surface area contributed by atoms with Gasteiger partial charge in [0.25, 0.3) is 10.1 Å². The van der Waals surface area contributed by atoms with Gasteiger partial charge in [0.15, 0.2) is 5.78 Å². The largest absolute Gasteiger partial charge is 0.382 e. The van der Waals surface area contributed by atoms with Crippen LogP contribution >= 0.6 is 0 Å². The summed E-state index contributed by atoms with van der Waals surface area (Å²) in [5.74, 6) is -12.6. The van der Waals surface area contributed by atoms with Gasteiger partial charge in [0.05, 0.1) is 6.26 Å². The first-order valence-electron chi connectivity index (χ1n) is 10.4. The van der Waals surface area contributed by atoms with Gasteiger partial charge in [-0.25, -0.2) is 4.18 Å². The molecule has 0 saturated carbocycles. The number of ketones is 2. The topological polar surface area (TPSA) is 147 Å². The van der Waals surface area contributed by atoms with Crippen LogP contribution in [0.2, 0.25) is 0 Å². The number of hydrogen-bond acceptors (Lipinski definition) is 9. The molecule has 12 heteroatoms. The average Bonchev–Trinajstić information content (AvgIpc) is 2.99. The van der Waals surface area contributed by atoms with E-state index in [0.717, 1.165) is 17.5 Å². The summed E-state index contributed by atoms with van der Waals surface area (Å²) in [6.07, 6.45) is -5.19. The molecule has 0 radical (unpaired) electrons. The zero-order valence-corrected chi connectivity index (χ0v) is 19.4. The number of benzene rings is 3. The fraction of sp³-hybridized carbons (Fsp3) is 0.250. The fourth-order valence-corrected chi connectivity index (χ4v) is 4.61. The van der Waals surface area contributed by atoms with E-state index < -0.39 is 57.0 Å². The van der Waals surface area contributed by atoms with Gasteiger partial charge in [0, 0.05) is 11.1 Å². The van der Waals surface area contributed by atoms with Gasteiger partial charge in [-0.15, -0.1) is 0 Å². The van der Waals surface area contributed by atoms with Gasteiger partial charge < -0.3 is 20.1 Å². The second-order valence-electron chi connectivity index (χ2n) is 8.31. The number of rotatable bonds is 7. The van der Waals surface area contributed by atoms with Gasteiger partial charge in [-0.1, -0.05) is 66.7 Å². The van der Waals surface area contributed by atoms with Crippen molar-refractivity contribution in [2.75, 3.05) is 6.26 Å². The predicted octanol–water partition coefficient (Wildman–Crippen LogP) is 1.65. The molecule has 1 saturated heterocycles. The molecule has 3 aromatic rings. The number of Topliss-reactive ketones (excluding diaryl/α,β-unsaturated/α-hetero) is 2. The van der Waals surface area contributed by atoms with Crippen LogP contribution in [0.4, 0.5) is 8.78 Å². The quantitative estimate of drug-likeness (QED) is 0.239. The second kappa shape index (κ2) is 8.76. The lowest BCUT2D eigenvalue weighted by Crippen LogP contribution is -2.65. The molecule has 3 N–H and O–H groups in total. The van der Waals surface area contributed by atoms with E-state index in [0.29, 0.717) is 11.6 Å². The van der Waals surface area contributed by atoms with E-state index in [9.17, 15) is 33.3 Å². The lowest BCUT2D eigenvalue weighted by atomic mass is 9.79. The predicted molar refractivity (Wildman–Crippen MR) is 121 cm³/mol. The molecular weight excluding hydrogens is 502 g/mol. The summed E-state index contributed by atoms with van der Waals surface area (Å²) in [5.41, 5.74) is -4.82. The Balaban J connectivity index is 1.82. The van der Waals surface area contributed by atoms with Crippen molar-refractivity contribution in [2.24, 2.45) is 0 Å². The van der Waals surface area contributed by atoms with Crippen molar-refractivity contribution in [2.45, 2.75) is 29.7 Å². The SMILES string of the molecule is CS(=O)(=O)OC1(O)O[C@H](C(O)C(=O)c2ccc3ccccc3c2)[C@](O)(C(=O)c2ccccc2)C1(F)F. The van der Waals surface area contributed by atoms with Crippen LogP contribution in [-0.2, 0) is 19.0 Å². The lowest BCUT2D eigenvalue weighted by molar-refractivity contribution is -0.383. The monoisotopic (exact) mass is 522 g/mol. The Morgan fingerprint density at radius 1 is 0.944 bits per heavy atom. The van der Waals surface area contributed by atoms with Crippen LogP contribution in [0.5, 0.6) is 0 Å². The van der Waals surface area contributed by atoms with Crippen molar-refractivity contribution in [3.05, 3.63) is 83.9 Å². The van der Waals surface area contributed by atoms with E-state index in [1.807, 2.05) is 0 Å². The van der Waals surface area contributed by atoms with Crippen molar-refractivity contribution < 1.29 is 51.0 Å². The molecule has 0 aliphatic carbocycles. The maximum Gasteiger partial charge on any atom is 0.366 e. The molecule has 0 bridgehead atoms. The Morgan fingerprint density at radius 3 is 2.14 bits per heavy atom. The Morgan fingerprint density at radius 2 is 1.53 bits per heavy atom. The molecule has 1 aliphatic rings. The fourth-order valence-electron chi connectivity index (χ4n) is 4.05. The number of hydrogen-bond donors (Lipinski definition) is 3. The second-order valence-corrected chi connectivity index (χ2v) is 9.89. The third-order valence-corrected chi connectivity index (χ3v) is 6.34. The zero-order valence-electron chi connectivity index (χ0n) is 18.5. The first-order valence-corrected chi connectivity index (χ1v) is 12.2. The first-order chi connectivity index (χ1) is 16.7. The molecule has 0 amide bonds. The molecule has 0 spiro atoms. The van der Waals surface area contributed by atoms with Crippen LogP contribution in [0.25, 0.3) is 10.8 Å². The number of aliphatic hydroxyl groups is 3. The van der Waals surface area contributed by atoms with Crippen molar-refractivity contribution in [1.29, 1.82) is 0 Å². The van der Waals surface area contributed by atoms with Gasteiger partial charge in [0.2, 0.25) is 11.4 Å². The molecule has 0 aromatic heterocycles. The third kappa shape index (κ3) is 4.11. The van der Waals surface area contributed by atoms with Crippen LogP contribution < -0.4 is 0 Å². The summed E-state index contributed by atoms with van der Waals surface area (Å²) in [7, 11) is -4.87. The number of carbonyl (C=O) groups excluding carboxylic acids is 2. The van der Waals surface area contributed by atoms with Crippen molar-refractivity contribution in [3.63, 3.8) is 0 Å². The summed E-state index contributed by atoms with van der Waals surface area (Å²) in [6.45, 7) is 0. The molecule has 9 nitrogen and oxygen atoms in total. The number of fused-ring (bicyclic) bond motifs is 1. The van der Waals surface area contributed by atoms with Crippen molar-refractivity contribution >= 4 is 32.5 Å². The van der Waals surface area contributed by atoms with Crippen LogP contribution in [-0.4, -0.2) is 71.3 Å². The maximum absolute atomic E-state index is 15.5. The van der Waals surface area contributed by atoms with E-state index in [2.05, 4.69) is 8.92 Å². The molecule has 3 aromatic carbocycles. The van der Waals surface area contributed by atoms with Crippen LogP contribution in [0, 0.1) is 0 Å². The highest BCUT2D eigenvalue weighted by Gasteiger charge is 2.83. The smallest absolute Gasteiger partial charge is 0.366 e. The molecule has 1 aliphatic heterocycles. The maximum atomic E-state index is 15.5. The highest BCUT2D eigenvalue weighted by molar-refractivity contribution is 7.86. The summed E-state index contributed by atoms with van der Waals surface area (Å²) in [4.78, 5) is 26.2. The summed E-state index contributed by atoms with van der Waals surface area (Å²) >= 11 is 0. The number of ether oxygens (including phenoxy) is 1. The summed E-state index contributed by atoms with van der Waals surface area (Å²) in [6, 6.07) is 17.1. The minimum atomic E-state index is -5.18. The molecule has 4 atom stereocenters. The van der Waals surface area contributed by atoms with Crippen molar-refractivity contribution in [3.8, 4) is 0 Å². The standard InChI is InChI=1S/C24H20F2O9S/c1-36(32,33)35-24(31)23(25,26)22(30,20(29)15-8-3-2-4-9-15)21(34-24)19(28)18(27)17-12-11-14-7-5-6-10-16(14)13-17/h2-13,19,21,28,30-31H,1H3/t19?,21-,22-,24?/m1/s1. The number of aliphatic hydroxyl groups excluding tert-OH is 1. The van der Waals surface area contributed by atoms with Gasteiger partial charge in [0.1, 0.15) is 12.2 Å². The Labute approximate surface area is 203 Å². The van der Waals surface area contributed by atoms with Gasteiger partial charge >= 0.3 is 11.9 Å². The van der Waals surface area contributed by atoms with E-state index in [-0.39, 0.29) is 5.56 Å². The van der Waals surface area contributed by atoms with Crippen LogP contribution in [0.15, 0.2) is 72.8 Å². The van der Waals surface area contributed by atoms with Gasteiger partial charge in [-0.05, 0) is 16.8 Å². The Hall–Kier alpha value is -3.13. The van der Waals surface area contributed by atoms with Gasteiger partial charge in [-0.2, -0.15) is 17.2 Å². The van der Waals surface area contributed by atoms with Crippen molar-refractivity contribution in [1.82, 2.24) is 0 Å². The third-order valence-electron chi connectivity index (χ3n) is 5.81. The first kappa shape index (κ1) is 25.9. The molecular formula is C24H20F2O9S. The highest BCUT2D eigenvalue weighted by Crippen LogP contribution is 2.53. The van der Waals surface area contributed by atoms with E-state index in [4.69, 9.17) is 0 Å².